The quantitative estimate of drug-likeness (QED) is 0.711. The molecule has 1 heteroatoms. The van der Waals surface area contributed by atoms with E-state index in [-0.39, 0.29) is 0 Å². The van der Waals surface area contributed by atoms with Gasteiger partial charge in [-0.1, -0.05) is 31.5 Å². The van der Waals surface area contributed by atoms with Crippen LogP contribution < -0.4 is 0 Å². The Morgan fingerprint density at radius 3 is 2.93 bits per heavy atom. The monoisotopic (exact) mass is 187 g/mol. The average Bonchev–Trinajstić information content (AvgIpc) is 2.57. The molecule has 1 aliphatic carbocycles. The zero-order valence-corrected chi connectivity index (χ0v) is 8.38. The first kappa shape index (κ1) is 9.45. The number of aryl methyl sites for hydroxylation is 2. The molecule has 0 spiro atoms. The van der Waals surface area contributed by atoms with Gasteiger partial charge in [0.15, 0.2) is 5.78 Å². The maximum atomic E-state index is 11.4. The van der Waals surface area contributed by atoms with E-state index >= 15 is 0 Å². The molecule has 0 saturated heterocycles. The summed E-state index contributed by atoms with van der Waals surface area (Å²) in [6.07, 6.45) is 4.84. The number of hydrogen-bond donors (Lipinski definition) is 0. The molecular weight excluding hydrogens is 172 g/mol. The van der Waals surface area contributed by atoms with E-state index in [9.17, 15) is 4.79 Å². The topological polar surface area (TPSA) is 17.1 Å². The van der Waals surface area contributed by atoms with Gasteiger partial charge < -0.3 is 0 Å². The molecule has 0 aliphatic heterocycles. The van der Waals surface area contributed by atoms with Crippen molar-refractivity contribution in [2.75, 3.05) is 0 Å². The zero-order chi connectivity index (χ0) is 9.97. The predicted octanol–water partition coefficient (Wildman–Crippen LogP) is 2.97. The van der Waals surface area contributed by atoms with Crippen molar-refractivity contribution in [2.24, 2.45) is 0 Å². The molecule has 1 radical (unpaired) electrons. The summed E-state index contributed by atoms with van der Waals surface area (Å²) >= 11 is 0. The van der Waals surface area contributed by atoms with Crippen LogP contribution in [0.5, 0.6) is 0 Å². The molecule has 73 valence electrons. The predicted molar refractivity (Wildman–Crippen MR) is 57.4 cm³/mol. The van der Waals surface area contributed by atoms with Crippen LogP contribution in [0.4, 0.5) is 0 Å². The van der Waals surface area contributed by atoms with E-state index in [1.807, 2.05) is 6.07 Å². The van der Waals surface area contributed by atoms with Crippen molar-refractivity contribution in [3.05, 3.63) is 41.8 Å². The Morgan fingerprint density at radius 2 is 2.14 bits per heavy atom. The third-order valence-corrected chi connectivity index (χ3v) is 2.81. The van der Waals surface area contributed by atoms with E-state index in [1.54, 1.807) is 0 Å². The van der Waals surface area contributed by atoms with E-state index in [4.69, 9.17) is 0 Å². The summed E-state index contributed by atoms with van der Waals surface area (Å²) in [6, 6.07) is 6.26. The van der Waals surface area contributed by atoms with Gasteiger partial charge in [-0.05, 0) is 30.4 Å². The lowest BCUT2D eigenvalue weighted by Crippen LogP contribution is -1.92. The molecule has 0 amide bonds. The van der Waals surface area contributed by atoms with E-state index < -0.39 is 0 Å². The molecule has 0 heterocycles. The van der Waals surface area contributed by atoms with Gasteiger partial charge in [0.25, 0.3) is 0 Å². The van der Waals surface area contributed by atoms with Gasteiger partial charge in [-0.25, -0.2) is 0 Å². The lowest BCUT2D eigenvalue weighted by molar-refractivity contribution is 0.0994. The fourth-order valence-corrected chi connectivity index (χ4v) is 1.99. The average molecular weight is 187 g/mol. The minimum atomic E-state index is 0.309. The third kappa shape index (κ3) is 1.72. The number of Topliss-reactive ketones (excluding diaryl/α,β-unsaturated/α-hetero) is 1. The Kier molecular flexibility index (Phi) is 2.67. The molecule has 0 fully saturated rings. The molecule has 0 aromatic heterocycles. The van der Waals surface area contributed by atoms with Gasteiger partial charge >= 0.3 is 0 Å². The Labute approximate surface area is 85.1 Å². The number of benzene rings is 1. The van der Waals surface area contributed by atoms with Gasteiger partial charge in [0, 0.05) is 12.0 Å². The lowest BCUT2D eigenvalue weighted by Gasteiger charge is -2.02. The molecule has 14 heavy (non-hydrogen) atoms. The van der Waals surface area contributed by atoms with Crippen molar-refractivity contribution in [3.8, 4) is 0 Å². The van der Waals surface area contributed by atoms with Crippen molar-refractivity contribution in [2.45, 2.75) is 32.1 Å². The number of carbonyl (C=O) groups excluding carboxylic acids is 1. The van der Waals surface area contributed by atoms with E-state index in [1.165, 1.54) is 11.1 Å². The standard InChI is InChI=1S/C13H15O/c1-2-3-4-10-5-7-12-11(9-10)6-8-13(12)14/h5,7,9H,1-4,6,8H2. The summed E-state index contributed by atoms with van der Waals surface area (Å²) in [6.45, 7) is 3.83. The minimum Gasteiger partial charge on any atom is -0.294 e. The van der Waals surface area contributed by atoms with Crippen molar-refractivity contribution >= 4 is 5.78 Å². The minimum absolute atomic E-state index is 0.309. The molecule has 1 aromatic carbocycles. The van der Waals surface area contributed by atoms with Crippen molar-refractivity contribution in [1.29, 1.82) is 0 Å². The SMILES string of the molecule is [CH2]CCCc1ccc2c(c1)CCC2=O. The van der Waals surface area contributed by atoms with Crippen molar-refractivity contribution < 1.29 is 4.79 Å². The maximum absolute atomic E-state index is 11.4. The van der Waals surface area contributed by atoms with Crippen LogP contribution in [0.15, 0.2) is 18.2 Å². The first-order valence-corrected chi connectivity index (χ1v) is 5.25. The van der Waals surface area contributed by atoms with Crippen LogP contribution in [0.25, 0.3) is 0 Å². The highest BCUT2D eigenvalue weighted by molar-refractivity contribution is 6.00. The van der Waals surface area contributed by atoms with Gasteiger partial charge in [0.05, 0.1) is 0 Å². The number of carbonyl (C=O) groups is 1. The molecule has 0 saturated carbocycles. The van der Waals surface area contributed by atoms with Gasteiger partial charge in [0.2, 0.25) is 0 Å². The summed E-state index contributed by atoms with van der Waals surface area (Å²) < 4.78 is 0. The van der Waals surface area contributed by atoms with E-state index in [2.05, 4.69) is 19.1 Å². The first-order valence-electron chi connectivity index (χ1n) is 5.25. The highest BCUT2D eigenvalue weighted by atomic mass is 16.1. The fourth-order valence-electron chi connectivity index (χ4n) is 1.99. The van der Waals surface area contributed by atoms with Crippen LogP contribution >= 0.6 is 0 Å². The summed E-state index contributed by atoms with van der Waals surface area (Å²) in [5, 5.41) is 0. The molecule has 0 unspecified atom stereocenters. The molecule has 1 aliphatic rings. The van der Waals surface area contributed by atoms with E-state index in [0.29, 0.717) is 12.2 Å². The van der Waals surface area contributed by atoms with Crippen LogP contribution in [0.1, 0.15) is 40.7 Å². The molecular formula is C13H15O. The molecule has 0 atom stereocenters. The van der Waals surface area contributed by atoms with Crippen molar-refractivity contribution in [3.63, 3.8) is 0 Å². The Balaban J connectivity index is 2.19. The van der Waals surface area contributed by atoms with Crippen LogP contribution in [0.2, 0.25) is 0 Å². The Hall–Kier alpha value is -1.11. The third-order valence-electron chi connectivity index (χ3n) is 2.81. The molecule has 2 rings (SSSR count). The van der Waals surface area contributed by atoms with Crippen molar-refractivity contribution in [1.82, 2.24) is 0 Å². The first-order chi connectivity index (χ1) is 6.81. The normalized spacial score (nSPS) is 14.5. The maximum Gasteiger partial charge on any atom is 0.163 e. The van der Waals surface area contributed by atoms with Crippen LogP contribution in [0.3, 0.4) is 0 Å². The Bertz CT molecular complexity index is 352. The highest BCUT2D eigenvalue weighted by Gasteiger charge is 2.18. The number of fused-ring (bicyclic) bond motifs is 1. The highest BCUT2D eigenvalue weighted by Crippen LogP contribution is 2.23. The number of ketones is 1. The van der Waals surface area contributed by atoms with Crippen LogP contribution in [-0.4, -0.2) is 5.78 Å². The van der Waals surface area contributed by atoms with E-state index in [0.717, 1.165) is 31.2 Å². The van der Waals surface area contributed by atoms with Gasteiger partial charge in [-0.2, -0.15) is 0 Å². The lowest BCUT2D eigenvalue weighted by atomic mass is 10.0. The number of unbranched alkanes of at least 4 members (excludes halogenated alkanes) is 1. The molecule has 0 N–H and O–H groups in total. The van der Waals surface area contributed by atoms with Gasteiger partial charge in [0.1, 0.15) is 0 Å². The second-order valence-corrected chi connectivity index (χ2v) is 3.87. The summed E-state index contributed by atoms with van der Waals surface area (Å²) in [4.78, 5) is 11.4. The largest absolute Gasteiger partial charge is 0.294 e. The summed E-state index contributed by atoms with van der Waals surface area (Å²) in [5.41, 5.74) is 3.54. The zero-order valence-electron chi connectivity index (χ0n) is 8.38. The van der Waals surface area contributed by atoms with Gasteiger partial charge in [-0.15, -0.1) is 0 Å². The molecule has 1 aromatic rings. The molecule has 0 bridgehead atoms. The smallest absolute Gasteiger partial charge is 0.163 e. The number of hydrogen-bond acceptors (Lipinski definition) is 1. The molecule has 1 nitrogen and oxygen atoms in total. The van der Waals surface area contributed by atoms with Crippen LogP contribution in [-0.2, 0) is 12.8 Å². The van der Waals surface area contributed by atoms with Crippen LogP contribution in [0, 0.1) is 6.92 Å². The van der Waals surface area contributed by atoms with Gasteiger partial charge in [-0.3, -0.25) is 4.79 Å². The summed E-state index contributed by atoms with van der Waals surface area (Å²) in [7, 11) is 0. The summed E-state index contributed by atoms with van der Waals surface area (Å²) in [5.74, 6) is 0.309. The number of rotatable bonds is 3. The Morgan fingerprint density at radius 1 is 1.29 bits per heavy atom. The second-order valence-electron chi connectivity index (χ2n) is 3.87. The second kappa shape index (κ2) is 3.95. The fraction of sp³-hybridized carbons (Fsp3) is 0.385.